The van der Waals surface area contributed by atoms with Crippen molar-refractivity contribution < 1.29 is 14.3 Å². The van der Waals surface area contributed by atoms with Gasteiger partial charge in [0.1, 0.15) is 5.75 Å². The number of hydrogen-bond donors (Lipinski definition) is 1. The largest absolute Gasteiger partial charge is 0.497 e. The molecule has 0 radical (unpaired) electrons. The molecular formula is C20H24N2O3. The van der Waals surface area contributed by atoms with E-state index in [-0.39, 0.29) is 24.8 Å². The van der Waals surface area contributed by atoms with Crippen molar-refractivity contribution in [2.24, 2.45) is 0 Å². The number of aryl methyl sites for hydroxylation is 1. The first-order chi connectivity index (χ1) is 12.1. The highest BCUT2D eigenvalue weighted by molar-refractivity contribution is 5.96. The summed E-state index contributed by atoms with van der Waals surface area (Å²) >= 11 is 0. The topological polar surface area (TPSA) is 58.6 Å². The van der Waals surface area contributed by atoms with Crippen LogP contribution in [0.15, 0.2) is 48.5 Å². The number of benzene rings is 2. The van der Waals surface area contributed by atoms with Crippen molar-refractivity contribution in [1.29, 1.82) is 0 Å². The Morgan fingerprint density at radius 3 is 2.56 bits per heavy atom. The maximum absolute atomic E-state index is 12.5. The summed E-state index contributed by atoms with van der Waals surface area (Å²) in [4.78, 5) is 26.4. The molecule has 0 bridgehead atoms. The minimum Gasteiger partial charge on any atom is -0.497 e. The predicted molar refractivity (Wildman–Crippen MR) is 99.2 cm³/mol. The van der Waals surface area contributed by atoms with Crippen molar-refractivity contribution >= 4 is 17.5 Å². The second-order valence-electron chi connectivity index (χ2n) is 5.66. The molecule has 0 aliphatic carbocycles. The minimum absolute atomic E-state index is 0.0113. The molecule has 0 heterocycles. The SMILES string of the molecule is CCN(C(=O)CCNC(=O)c1cccc(OC)c1)c1ccccc1C. The zero-order valence-electron chi connectivity index (χ0n) is 14.9. The van der Waals surface area contributed by atoms with Gasteiger partial charge in [-0.25, -0.2) is 0 Å². The molecule has 2 rings (SSSR count). The van der Waals surface area contributed by atoms with Crippen molar-refractivity contribution in [1.82, 2.24) is 5.32 Å². The lowest BCUT2D eigenvalue weighted by atomic mass is 10.1. The number of amides is 2. The molecule has 0 aromatic heterocycles. The highest BCUT2D eigenvalue weighted by atomic mass is 16.5. The van der Waals surface area contributed by atoms with Crippen LogP contribution in [-0.4, -0.2) is 32.0 Å². The summed E-state index contributed by atoms with van der Waals surface area (Å²) in [7, 11) is 1.56. The van der Waals surface area contributed by atoms with Crippen molar-refractivity contribution in [3.63, 3.8) is 0 Å². The van der Waals surface area contributed by atoms with E-state index in [1.807, 2.05) is 38.1 Å². The van der Waals surface area contributed by atoms with Crippen LogP contribution in [0.1, 0.15) is 29.3 Å². The molecule has 0 saturated carbocycles. The summed E-state index contributed by atoms with van der Waals surface area (Å²) in [5, 5.41) is 2.78. The van der Waals surface area contributed by atoms with E-state index in [4.69, 9.17) is 4.74 Å². The number of ether oxygens (including phenoxy) is 1. The lowest BCUT2D eigenvalue weighted by Gasteiger charge is -2.23. The smallest absolute Gasteiger partial charge is 0.251 e. The normalized spacial score (nSPS) is 10.2. The summed E-state index contributed by atoms with van der Waals surface area (Å²) in [6.45, 7) is 4.81. The summed E-state index contributed by atoms with van der Waals surface area (Å²) < 4.78 is 5.11. The molecule has 132 valence electrons. The van der Waals surface area contributed by atoms with E-state index in [0.29, 0.717) is 17.9 Å². The predicted octanol–water partition coefficient (Wildman–Crippen LogP) is 3.18. The number of hydrogen-bond acceptors (Lipinski definition) is 3. The minimum atomic E-state index is -0.217. The lowest BCUT2D eigenvalue weighted by Crippen LogP contribution is -2.34. The molecule has 5 heteroatoms. The number of rotatable bonds is 7. The molecule has 0 atom stereocenters. The summed E-state index contributed by atoms with van der Waals surface area (Å²) in [6, 6.07) is 14.7. The number of methoxy groups -OCH3 is 1. The third-order valence-electron chi connectivity index (χ3n) is 3.98. The van der Waals surface area contributed by atoms with Gasteiger partial charge in [0.25, 0.3) is 5.91 Å². The van der Waals surface area contributed by atoms with Gasteiger partial charge in [0.05, 0.1) is 7.11 Å². The average Bonchev–Trinajstić information content (AvgIpc) is 2.63. The van der Waals surface area contributed by atoms with Gasteiger partial charge in [-0.05, 0) is 43.7 Å². The van der Waals surface area contributed by atoms with Gasteiger partial charge in [-0.2, -0.15) is 0 Å². The Kier molecular flexibility index (Phi) is 6.57. The van der Waals surface area contributed by atoms with E-state index in [1.54, 1.807) is 36.3 Å². The van der Waals surface area contributed by atoms with Gasteiger partial charge in [0.15, 0.2) is 0 Å². The van der Waals surface area contributed by atoms with E-state index in [0.717, 1.165) is 11.3 Å². The van der Waals surface area contributed by atoms with Crippen LogP contribution in [0.25, 0.3) is 0 Å². The lowest BCUT2D eigenvalue weighted by molar-refractivity contribution is -0.118. The molecule has 0 aliphatic rings. The van der Waals surface area contributed by atoms with Crippen LogP contribution >= 0.6 is 0 Å². The van der Waals surface area contributed by atoms with Crippen molar-refractivity contribution in [3.8, 4) is 5.75 Å². The fourth-order valence-corrected chi connectivity index (χ4v) is 2.63. The average molecular weight is 340 g/mol. The molecule has 2 aromatic rings. The highest BCUT2D eigenvalue weighted by Crippen LogP contribution is 2.19. The Bertz CT molecular complexity index is 743. The van der Waals surface area contributed by atoms with Gasteiger partial charge >= 0.3 is 0 Å². The first-order valence-corrected chi connectivity index (χ1v) is 8.35. The zero-order chi connectivity index (χ0) is 18.2. The van der Waals surface area contributed by atoms with Gasteiger partial charge in [-0.1, -0.05) is 24.3 Å². The number of nitrogens with zero attached hydrogens (tertiary/aromatic N) is 1. The van der Waals surface area contributed by atoms with Gasteiger partial charge < -0.3 is 15.0 Å². The quantitative estimate of drug-likeness (QED) is 0.842. The monoisotopic (exact) mass is 340 g/mol. The van der Waals surface area contributed by atoms with E-state index in [2.05, 4.69) is 5.32 Å². The molecular weight excluding hydrogens is 316 g/mol. The number of carbonyl (C=O) groups is 2. The first kappa shape index (κ1) is 18.5. The molecule has 2 aromatic carbocycles. The Labute approximate surface area is 148 Å². The van der Waals surface area contributed by atoms with Crippen molar-refractivity contribution in [3.05, 3.63) is 59.7 Å². The summed E-state index contributed by atoms with van der Waals surface area (Å²) in [6.07, 6.45) is 0.248. The molecule has 2 amide bonds. The van der Waals surface area contributed by atoms with E-state index < -0.39 is 0 Å². The van der Waals surface area contributed by atoms with Crippen LogP contribution in [0.3, 0.4) is 0 Å². The maximum Gasteiger partial charge on any atom is 0.251 e. The molecule has 25 heavy (non-hydrogen) atoms. The number of nitrogens with one attached hydrogen (secondary N) is 1. The van der Waals surface area contributed by atoms with Gasteiger partial charge in [-0.3, -0.25) is 9.59 Å². The summed E-state index contributed by atoms with van der Waals surface area (Å²) in [5.74, 6) is 0.397. The van der Waals surface area contributed by atoms with E-state index >= 15 is 0 Å². The Morgan fingerprint density at radius 1 is 1.12 bits per heavy atom. The van der Waals surface area contributed by atoms with Crippen LogP contribution < -0.4 is 15.0 Å². The van der Waals surface area contributed by atoms with Crippen LogP contribution in [-0.2, 0) is 4.79 Å². The fraction of sp³-hybridized carbons (Fsp3) is 0.300. The van der Waals surface area contributed by atoms with E-state index in [1.165, 1.54) is 0 Å². The van der Waals surface area contributed by atoms with E-state index in [9.17, 15) is 9.59 Å². The Balaban J connectivity index is 1.92. The third-order valence-corrected chi connectivity index (χ3v) is 3.98. The fourth-order valence-electron chi connectivity index (χ4n) is 2.63. The standard InChI is InChI=1S/C20H24N2O3/c1-4-22(18-11-6-5-8-15(18)2)19(23)12-13-21-20(24)16-9-7-10-17(14-16)25-3/h5-11,14H,4,12-13H2,1-3H3,(H,21,24). The molecule has 5 nitrogen and oxygen atoms in total. The number of carbonyl (C=O) groups excluding carboxylic acids is 2. The highest BCUT2D eigenvalue weighted by Gasteiger charge is 2.15. The van der Waals surface area contributed by atoms with Crippen molar-refractivity contribution in [2.45, 2.75) is 20.3 Å². The van der Waals surface area contributed by atoms with Gasteiger partial charge in [0.2, 0.25) is 5.91 Å². The second-order valence-corrected chi connectivity index (χ2v) is 5.66. The second kappa shape index (κ2) is 8.87. The number of para-hydroxylation sites is 1. The van der Waals surface area contributed by atoms with Crippen LogP contribution in [0.4, 0.5) is 5.69 Å². The third kappa shape index (κ3) is 4.83. The Morgan fingerprint density at radius 2 is 1.88 bits per heavy atom. The molecule has 0 unspecified atom stereocenters. The molecule has 0 saturated heterocycles. The molecule has 0 aliphatic heterocycles. The van der Waals surface area contributed by atoms with Crippen molar-refractivity contribution in [2.75, 3.05) is 25.1 Å². The summed E-state index contributed by atoms with van der Waals surface area (Å²) in [5.41, 5.74) is 2.48. The maximum atomic E-state index is 12.5. The molecule has 1 N–H and O–H groups in total. The van der Waals surface area contributed by atoms with Gasteiger partial charge in [-0.15, -0.1) is 0 Å². The van der Waals surface area contributed by atoms with Gasteiger partial charge in [0, 0.05) is 30.8 Å². The van der Waals surface area contributed by atoms with Crippen LogP contribution in [0.2, 0.25) is 0 Å². The first-order valence-electron chi connectivity index (χ1n) is 8.35. The molecule has 0 spiro atoms. The van der Waals surface area contributed by atoms with Crippen LogP contribution in [0.5, 0.6) is 5.75 Å². The van der Waals surface area contributed by atoms with Crippen LogP contribution in [0, 0.1) is 6.92 Å². The molecule has 0 fully saturated rings. The zero-order valence-corrected chi connectivity index (χ0v) is 14.9. The Hall–Kier alpha value is -2.82. The number of anilines is 1.